The van der Waals surface area contributed by atoms with Crippen molar-refractivity contribution in [2.45, 2.75) is 39.3 Å². The normalized spacial score (nSPS) is 12.0. The van der Waals surface area contributed by atoms with Crippen molar-refractivity contribution in [1.82, 2.24) is 10.2 Å². The van der Waals surface area contributed by atoms with Crippen LogP contribution in [-0.2, 0) is 9.59 Å². The van der Waals surface area contributed by atoms with E-state index in [0.29, 0.717) is 5.69 Å². The Morgan fingerprint density at radius 3 is 2.40 bits per heavy atom. The van der Waals surface area contributed by atoms with Crippen molar-refractivity contribution in [1.29, 1.82) is 0 Å². The van der Waals surface area contributed by atoms with E-state index in [1.165, 1.54) is 30.1 Å². The van der Waals surface area contributed by atoms with Crippen LogP contribution in [0.3, 0.4) is 0 Å². The lowest BCUT2D eigenvalue weighted by Crippen LogP contribution is -2.51. The molecule has 0 saturated carbocycles. The quantitative estimate of drug-likeness (QED) is 0.559. The first-order valence-electron chi connectivity index (χ1n) is 7.82. The number of phenolic OH excluding ortho intramolecular Hbond substituents is 1. The average molecular weight is 347 g/mol. The highest BCUT2D eigenvalue weighted by Gasteiger charge is 2.27. The second kappa shape index (κ2) is 7.83. The molecule has 0 spiro atoms. The summed E-state index contributed by atoms with van der Waals surface area (Å²) in [4.78, 5) is 37.5. The summed E-state index contributed by atoms with van der Waals surface area (Å²) < 4.78 is 0. The standard InChI is InChI=1S/C18H25N3O4/c1-7-15(23)19-12-8-9-14(22)13(10-12)17(25)21(6)11(2)16(24)20-18(3,4)5/h7-11,22H,1H2,2-6H3,(H,19,23)(H,20,24). The molecule has 0 heterocycles. The molecule has 0 radical (unpaired) electrons. The minimum atomic E-state index is -0.738. The fraction of sp³-hybridized carbons (Fsp3) is 0.389. The highest BCUT2D eigenvalue weighted by molar-refractivity contribution is 6.03. The summed E-state index contributed by atoms with van der Waals surface area (Å²) in [5, 5.41) is 15.3. The second-order valence-electron chi connectivity index (χ2n) is 6.76. The third-order valence-electron chi connectivity index (χ3n) is 3.46. The molecule has 0 saturated heterocycles. The first-order chi connectivity index (χ1) is 11.5. The molecule has 1 aromatic rings. The van der Waals surface area contributed by atoms with Crippen molar-refractivity contribution < 1.29 is 19.5 Å². The lowest BCUT2D eigenvalue weighted by molar-refractivity contribution is -0.126. The van der Waals surface area contributed by atoms with Gasteiger partial charge in [-0.25, -0.2) is 0 Å². The van der Waals surface area contributed by atoms with Crippen LogP contribution >= 0.6 is 0 Å². The summed E-state index contributed by atoms with van der Waals surface area (Å²) in [6, 6.07) is 3.38. The van der Waals surface area contributed by atoms with Crippen LogP contribution in [0.4, 0.5) is 5.69 Å². The number of nitrogens with zero attached hydrogens (tertiary/aromatic N) is 1. The highest BCUT2D eigenvalue weighted by Crippen LogP contribution is 2.23. The Kier molecular flexibility index (Phi) is 6.33. The van der Waals surface area contributed by atoms with Gasteiger partial charge < -0.3 is 20.6 Å². The van der Waals surface area contributed by atoms with Gasteiger partial charge >= 0.3 is 0 Å². The van der Waals surface area contributed by atoms with Crippen LogP contribution in [0, 0.1) is 0 Å². The predicted octanol–water partition coefficient (Wildman–Crippen LogP) is 1.89. The maximum Gasteiger partial charge on any atom is 0.258 e. The molecule has 25 heavy (non-hydrogen) atoms. The van der Waals surface area contributed by atoms with Gasteiger partial charge in [0.1, 0.15) is 11.8 Å². The number of aromatic hydroxyl groups is 1. The highest BCUT2D eigenvalue weighted by atomic mass is 16.3. The number of benzene rings is 1. The van der Waals surface area contributed by atoms with Crippen LogP contribution in [0.2, 0.25) is 0 Å². The summed E-state index contributed by atoms with van der Waals surface area (Å²) >= 11 is 0. The van der Waals surface area contributed by atoms with Crippen molar-refractivity contribution in [3.63, 3.8) is 0 Å². The Labute approximate surface area is 147 Å². The Morgan fingerprint density at radius 1 is 1.28 bits per heavy atom. The number of likely N-dealkylation sites (N-methyl/N-ethyl adjacent to an activating group) is 1. The molecular weight excluding hydrogens is 322 g/mol. The minimum absolute atomic E-state index is 0.0141. The average Bonchev–Trinajstić information content (AvgIpc) is 2.52. The van der Waals surface area contributed by atoms with Crippen LogP contribution in [0.15, 0.2) is 30.9 Å². The molecule has 7 heteroatoms. The lowest BCUT2D eigenvalue weighted by atomic mass is 10.1. The molecule has 3 amide bonds. The number of nitrogens with one attached hydrogen (secondary N) is 2. The fourth-order valence-electron chi connectivity index (χ4n) is 1.99. The van der Waals surface area contributed by atoms with Gasteiger partial charge in [-0.3, -0.25) is 14.4 Å². The first kappa shape index (κ1) is 20.2. The van der Waals surface area contributed by atoms with Crippen LogP contribution in [0.25, 0.3) is 0 Å². The van der Waals surface area contributed by atoms with Crippen molar-refractivity contribution in [2.75, 3.05) is 12.4 Å². The number of hydrogen-bond donors (Lipinski definition) is 3. The van der Waals surface area contributed by atoms with Crippen LogP contribution < -0.4 is 10.6 Å². The zero-order valence-corrected chi connectivity index (χ0v) is 15.2. The van der Waals surface area contributed by atoms with Gasteiger partial charge in [-0.2, -0.15) is 0 Å². The van der Waals surface area contributed by atoms with Gasteiger partial charge in [-0.05, 0) is 52.0 Å². The molecule has 0 bridgehead atoms. The third kappa shape index (κ3) is 5.63. The van der Waals surface area contributed by atoms with E-state index in [9.17, 15) is 19.5 Å². The van der Waals surface area contributed by atoms with Gasteiger partial charge in [0.15, 0.2) is 0 Å². The summed E-state index contributed by atoms with van der Waals surface area (Å²) in [6.45, 7) is 10.5. The number of hydrogen-bond acceptors (Lipinski definition) is 4. The molecule has 0 aliphatic carbocycles. The monoisotopic (exact) mass is 347 g/mol. The van der Waals surface area contributed by atoms with E-state index in [0.717, 1.165) is 6.08 Å². The molecule has 3 N–H and O–H groups in total. The zero-order valence-electron chi connectivity index (χ0n) is 15.2. The Hall–Kier alpha value is -2.83. The van der Waals surface area contributed by atoms with Gasteiger partial charge in [-0.1, -0.05) is 6.58 Å². The molecule has 0 fully saturated rings. The molecule has 0 aliphatic heterocycles. The topological polar surface area (TPSA) is 98.7 Å². The molecular formula is C18H25N3O4. The molecule has 0 aromatic heterocycles. The number of rotatable bonds is 5. The van der Waals surface area contributed by atoms with E-state index in [1.807, 2.05) is 20.8 Å². The summed E-state index contributed by atoms with van der Waals surface area (Å²) in [6.07, 6.45) is 1.10. The van der Waals surface area contributed by atoms with Crippen molar-refractivity contribution in [3.05, 3.63) is 36.4 Å². The lowest BCUT2D eigenvalue weighted by Gasteiger charge is -2.28. The van der Waals surface area contributed by atoms with E-state index in [-0.39, 0.29) is 17.2 Å². The van der Waals surface area contributed by atoms with Crippen molar-refractivity contribution in [2.24, 2.45) is 0 Å². The van der Waals surface area contributed by atoms with Crippen LogP contribution in [-0.4, -0.2) is 46.4 Å². The molecule has 1 unspecified atom stereocenters. The predicted molar refractivity (Wildman–Crippen MR) is 96.4 cm³/mol. The summed E-state index contributed by atoms with van der Waals surface area (Å²) in [5.41, 5.74) is -0.0993. The van der Waals surface area contributed by atoms with E-state index < -0.39 is 23.4 Å². The molecule has 1 rings (SSSR count). The molecule has 1 aromatic carbocycles. The maximum atomic E-state index is 12.6. The molecule has 1 atom stereocenters. The van der Waals surface area contributed by atoms with E-state index in [1.54, 1.807) is 6.92 Å². The number of carbonyl (C=O) groups is 3. The third-order valence-corrected chi connectivity index (χ3v) is 3.46. The van der Waals surface area contributed by atoms with Gasteiger partial charge in [0.05, 0.1) is 5.56 Å². The smallest absolute Gasteiger partial charge is 0.258 e. The number of phenols is 1. The number of anilines is 1. The zero-order chi connectivity index (χ0) is 19.4. The van der Waals surface area contributed by atoms with E-state index >= 15 is 0 Å². The van der Waals surface area contributed by atoms with Crippen molar-refractivity contribution in [3.8, 4) is 5.75 Å². The summed E-state index contributed by atoms with van der Waals surface area (Å²) in [7, 11) is 1.48. The Morgan fingerprint density at radius 2 is 1.88 bits per heavy atom. The minimum Gasteiger partial charge on any atom is -0.507 e. The number of amides is 3. The van der Waals surface area contributed by atoms with Gasteiger partial charge in [-0.15, -0.1) is 0 Å². The van der Waals surface area contributed by atoms with Crippen molar-refractivity contribution >= 4 is 23.4 Å². The Balaban J connectivity index is 3.01. The Bertz CT molecular complexity index is 692. The molecule has 0 aliphatic rings. The maximum absolute atomic E-state index is 12.6. The van der Waals surface area contributed by atoms with Crippen LogP contribution in [0.1, 0.15) is 38.1 Å². The molecule has 136 valence electrons. The first-order valence-corrected chi connectivity index (χ1v) is 7.82. The van der Waals surface area contributed by atoms with Gasteiger partial charge in [0.25, 0.3) is 5.91 Å². The van der Waals surface area contributed by atoms with Crippen LogP contribution in [0.5, 0.6) is 5.75 Å². The summed E-state index contributed by atoms with van der Waals surface area (Å²) in [5.74, 6) is -1.52. The number of carbonyl (C=O) groups excluding carboxylic acids is 3. The van der Waals surface area contributed by atoms with E-state index in [2.05, 4.69) is 17.2 Å². The van der Waals surface area contributed by atoms with E-state index in [4.69, 9.17) is 0 Å². The fourth-order valence-corrected chi connectivity index (χ4v) is 1.99. The second-order valence-corrected chi connectivity index (χ2v) is 6.76. The van der Waals surface area contributed by atoms with Gasteiger partial charge in [0.2, 0.25) is 11.8 Å². The largest absolute Gasteiger partial charge is 0.507 e. The van der Waals surface area contributed by atoms with Gasteiger partial charge in [0, 0.05) is 18.3 Å². The SMILES string of the molecule is C=CC(=O)Nc1ccc(O)c(C(=O)N(C)C(C)C(=O)NC(C)(C)C)c1. The molecule has 7 nitrogen and oxygen atoms in total.